The van der Waals surface area contributed by atoms with Crippen molar-refractivity contribution in [2.45, 2.75) is 33.1 Å². The molecule has 19 heavy (non-hydrogen) atoms. The molecule has 5 heteroatoms. The fourth-order valence-electron chi connectivity index (χ4n) is 1.58. The first-order valence-electron chi connectivity index (χ1n) is 6.34. The highest BCUT2D eigenvalue weighted by molar-refractivity contribution is 7.15. The number of carboxylic acid groups (broad SMARTS) is 1. The minimum Gasteiger partial charge on any atom is -0.478 e. The van der Waals surface area contributed by atoms with Gasteiger partial charge in [0.2, 0.25) is 0 Å². The maximum atomic E-state index is 11.9. The highest BCUT2D eigenvalue weighted by atomic mass is 32.1. The lowest BCUT2D eigenvalue weighted by Crippen LogP contribution is -2.23. The van der Waals surface area contributed by atoms with E-state index in [2.05, 4.69) is 12.2 Å². The number of amides is 1. The third kappa shape index (κ3) is 5.26. The van der Waals surface area contributed by atoms with Crippen molar-refractivity contribution >= 4 is 29.3 Å². The molecule has 0 saturated heterocycles. The number of carbonyl (C=O) groups is 2. The summed E-state index contributed by atoms with van der Waals surface area (Å²) >= 11 is 1.31. The fraction of sp³-hybridized carbons (Fsp3) is 0.429. The van der Waals surface area contributed by atoms with Crippen LogP contribution < -0.4 is 5.32 Å². The first-order chi connectivity index (χ1) is 9.04. The van der Waals surface area contributed by atoms with Gasteiger partial charge in [-0.25, -0.2) is 4.79 Å². The van der Waals surface area contributed by atoms with E-state index in [4.69, 9.17) is 5.11 Å². The van der Waals surface area contributed by atoms with Crippen molar-refractivity contribution in [1.29, 1.82) is 0 Å². The second-order valence-electron chi connectivity index (χ2n) is 4.29. The van der Waals surface area contributed by atoms with E-state index < -0.39 is 5.97 Å². The molecule has 1 rings (SSSR count). The largest absolute Gasteiger partial charge is 0.478 e. The first kappa shape index (κ1) is 15.4. The number of carbonyl (C=O) groups excluding carboxylic acids is 1. The predicted octanol–water partition coefficient (Wildman–Crippen LogP) is 3.07. The standard InChI is InChI=1S/C14H19NO3S/c1-3-4-5-8-15-14(18)12-9-10(2)11(19-12)6-7-13(16)17/h6-7,9H,3-5,8H2,1-2H3,(H,15,18)(H,16,17). The van der Waals surface area contributed by atoms with E-state index in [-0.39, 0.29) is 5.91 Å². The molecule has 0 radical (unpaired) electrons. The van der Waals surface area contributed by atoms with Gasteiger partial charge < -0.3 is 10.4 Å². The van der Waals surface area contributed by atoms with Gasteiger partial charge in [0.1, 0.15) is 0 Å². The van der Waals surface area contributed by atoms with Crippen LogP contribution in [0, 0.1) is 6.92 Å². The third-order valence-electron chi connectivity index (χ3n) is 2.62. The number of hydrogen-bond acceptors (Lipinski definition) is 3. The van der Waals surface area contributed by atoms with E-state index in [9.17, 15) is 9.59 Å². The molecule has 0 aliphatic heterocycles. The molecule has 0 bridgehead atoms. The fourth-order valence-corrected chi connectivity index (χ4v) is 2.58. The van der Waals surface area contributed by atoms with Crippen molar-refractivity contribution < 1.29 is 14.7 Å². The molecule has 1 heterocycles. The van der Waals surface area contributed by atoms with Crippen molar-refractivity contribution in [2.75, 3.05) is 6.54 Å². The SMILES string of the molecule is CCCCCNC(=O)c1cc(C)c(C=CC(=O)O)s1. The Morgan fingerprint density at radius 3 is 2.79 bits per heavy atom. The van der Waals surface area contributed by atoms with E-state index in [1.807, 2.05) is 6.92 Å². The lowest BCUT2D eigenvalue weighted by molar-refractivity contribution is -0.131. The van der Waals surface area contributed by atoms with Crippen LogP contribution in [0.2, 0.25) is 0 Å². The molecule has 0 saturated carbocycles. The average Bonchev–Trinajstić information content (AvgIpc) is 2.73. The maximum Gasteiger partial charge on any atom is 0.328 e. The lowest BCUT2D eigenvalue weighted by Gasteiger charge is -2.01. The molecule has 1 aromatic rings. The zero-order valence-electron chi connectivity index (χ0n) is 11.2. The molecular formula is C14H19NO3S. The number of aliphatic carboxylic acids is 1. The van der Waals surface area contributed by atoms with Gasteiger partial charge in [0.05, 0.1) is 4.88 Å². The summed E-state index contributed by atoms with van der Waals surface area (Å²) in [6.07, 6.45) is 5.82. The summed E-state index contributed by atoms with van der Waals surface area (Å²) in [5.41, 5.74) is 0.918. The Labute approximate surface area is 117 Å². The highest BCUT2D eigenvalue weighted by Gasteiger charge is 2.10. The second kappa shape index (κ2) is 7.74. The van der Waals surface area contributed by atoms with Crippen LogP contribution in [0.4, 0.5) is 0 Å². The van der Waals surface area contributed by atoms with Crippen molar-refractivity contribution in [3.05, 3.63) is 27.5 Å². The van der Waals surface area contributed by atoms with Gasteiger partial charge in [-0.2, -0.15) is 0 Å². The van der Waals surface area contributed by atoms with Gasteiger partial charge in [-0.1, -0.05) is 19.8 Å². The minimum absolute atomic E-state index is 0.0841. The van der Waals surface area contributed by atoms with Crippen molar-refractivity contribution in [3.8, 4) is 0 Å². The smallest absolute Gasteiger partial charge is 0.328 e. The van der Waals surface area contributed by atoms with Gasteiger partial charge in [0.25, 0.3) is 5.91 Å². The molecule has 0 fully saturated rings. The van der Waals surface area contributed by atoms with Crippen molar-refractivity contribution in [1.82, 2.24) is 5.32 Å². The zero-order valence-corrected chi connectivity index (χ0v) is 12.0. The van der Waals surface area contributed by atoms with Crippen LogP contribution in [-0.4, -0.2) is 23.5 Å². The Morgan fingerprint density at radius 1 is 1.42 bits per heavy atom. The molecular weight excluding hydrogens is 262 g/mol. The summed E-state index contributed by atoms with van der Waals surface area (Å²) in [6, 6.07) is 1.79. The Kier molecular flexibility index (Phi) is 6.29. The quantitative estimate of drug-likeness (QED) is 0.596. The maximum absolute atomic E-state index is 11.9. The normalized spacial score (nSPS) is 10.8. The van der Waals surface area contributed by atoms with Gasteiger partial charge in [-0.3, -0.25) is 4.79 Å². The van der Waals surface area contributed by atoms with Crippen LogP contribution in [-0.2, 0) is 4.79 Å². The van der Waals surface area contributed by atoms with Gasteiger partial charge in [0, 0.05) is 17.5 Å². The number of hydrogen-bond donors (Lipinski definition) is 2. The van der Waals surface area contributed by atoms with Gasteiger partial charge >= 0.3 is 5.97 Å². The van der Waals surface area contributed by atoms with Gasteiger partial charge in [0.15, 0.2) is 0 Å². The molecule has 0 spiro atoms. The van der Waals surface area contributed by atoms with Crippen LogP contribution in [0.3, 0.4) is 0 Å². The number of aryl methyl sites for hydroxylation is 1. The number of nitrogens with one attached hydrogen (secondary N) is 1. The van der Waals surface area contributed by atoms with Crippen LogP contribution in [0.5, 0.6) is 0 Å². The molecule has 0 atom stereocenters. The zero-order chi connectivity index (χ0) is 14.3. The highest BCUT2D eigenvalue weighted by Crippen LogP contribution is 2.23. The number of unbranched alkanes of at least 4 members (excludes halogenated alkanes) is 2. The molecule has 0 aliphatic carbocycles. The monoisotopic (exact) mass is 281 g/mol. The van der Waals surface area contributed by atoms with Crippen LogP contribution in [0.1, 0.15) is 46.3 Å². The predicted molar refractivity (Wildman–Crippen MR) is 77.6 cm³/mol. The van der Waals surface area contributed by atoms with Crippen LogP contribution in [0.25, 0.3) is 6.08 Å². The van der Waals surface area contributed by atoms with E-state index in [1.54, 1.807) is 6.07 Å². The van der Waals surface area contributed by atoms with Gasteiger partial charge in [-0.15, -0.1) is 11.3 Å². The average molecular weight is 281 g/mol. The Morgan fingerprint density at radius 2 is 2.16 bits per heavy atom. The van der Waals surface area contributed by atoms with E-state index in [1.165, 1.54) is 17.4 Å². The molecule has 0 aromatic carbocycles. The number of rotatable bonds is 7. The van der Waals surface area contributed by atoms with Crippen LogP contribution >= 0.6 is 11.3 Å². The minimum atomic E-state index is -0.988. The van der Waals surface area contributed by atoms with Gasteiger partial charge in [-0.05, 0) is 31.1 Å². The molecule has 0 aliphatic rings. The third-order valence-corrected chi connectivity index (χ3v) is 3.82. The Bertz CT molecular complexity index is 477. The summed E-state index contributed by atoms with van der Waals surface area (Å²) in [5.74, 6) is -1.07. The molecule has 104 valence electrons. The summed E-state index contributed by atoms with van der Waals surface area (Å²) in [6.45, 7) is 4.67. The molecule has 0 unspecified atom stereocenters. The number of carboxylic acids is 1. The van der Waals surface area contributed by atoms with Crippen molar-refractivity contribution in [3.63, 3.8) is 0 Å². The topological polar surface area (TPSA) is 66.4 Å². The van der Waals surface area contributed by atoms with Crippen LogP contribution in [0.15, 0.2) is 12.1 Å². The number of thiophene rings is 1. The second-order valence-corrected chi connectivity index (χ2v) is 5.38. The summed E-state index contributed by atoms with van der Waals surface area (Å²) in [4.78, 5) is 23.8. The lowest BCUT2D eigenvalue weighted by atomic mass is 10.2. The molecule has 1 aromatic heterocycles. The van der Waals surface area contributed by atoms with Crippen molar-refractivity contribution in [2.24, 2.45) is 0 Å². The summed E-state index contributed by atoms with van der Waals surface area (Å²) < 4.78 is 0. The Hall–Kier alpha value is -1.62. The molecule has 1 amide bonds. The Balaban J connectivity index is 2.61. The van der Waals surface area contributed by atoms with E-state index in [0.29, 0.717) is 11.4 Å². The van der Waals surface area contributed by atoms with E-state index >= 15 is 0 Å². The van der Waals surface area contributed by atoms with E-state index in [0.717, 1.165) is 35.8 Å². The first-order valence-corrected chi connectivity index (χ1v) is 7.16. The summed E-state index contributed by atoms with van der Waals surface area (Å²) in [7, 11) is 0. The molecule has 2 N–H and O–H groups in total. The molecule has 4 nitrogen and oxygen atoms in total. The summed E-state index contributed by atoms with van der Waals surface area (Å²) in [5, 5.41) is 11.5.